The van der Waals surface area contributed by atoms with Gasteiger partial charge in [-0.15, -0.1) is 0 Å². The summed E-state index contributed by atoms with van der Waals surface area (Å²) in [4.78, 5) is 20.5. The second kappa shape index (κ2) is 9.42. The molecule has 1 fully saturated rings. The van der Waals surface area contributed by atoms with Crippen LogP contribution in [0, 0.1) is 6.92 Å². The van der Waals surface area contributed by atoms with Crippen molar-refractivity contribution in [2.75, 3.05) is 37.7 Å². The number of carbonyl (C=O) groups is 1. The summed E-state index contributed by atoms with van der Waals surface area (Å²) in [6, 6.07) is 11.9. The molecule has 1 aromatic heterocycles. The lowest BCUT2D eigenvalue weighted by molar-refractivity contribution is -0.136. The van der Waals surface area contributed by atoms with Gasteiger partial charge in [0.2, 0.25) is 0 Å². The minimum absolute atomic E-state index is 0.00893. The van der Waals surface area contributed by atoms with E-state index in [9.17, 15) is 4.79 Å². The van der Waals surface area contributed by atoms with Gasteiger partial charge in [-0.1, -0.05) is 29.0 Å². The van der Waals surface area contributed by atoms with Crippen molar-refractivity contribution in [3.05, 3.63) is 52.5 Å². The number of halogens is 1. The van der Waals surface area contributed by atoms with Crippen LogP contribution in [0.2, 0.25) is 5.02 Å². The molecule has 0 aliphatic carbocycles. The van der Waals surface area contributed by atoms with Crippen LogP contribution in [0.5, 0.6) is 5.75 Å². The van der Waals surface area contributed by atoms with E-state index >= 15 is 0 Å². The summed E-state index contributed by atoms with van der Waals surface area (Å²) in [6.07, 6.45) is 0.00893. The maximum absolute atomic E-state index is 11.0. The van der Waals surface area contributed by atoms with E-state index in [1.165, 1.54) is 0 Å². The molecule has 4 rings (SSSR count). The number of anilines is 1. The van der Waals surface area contributed by atoms with Crippen molar-refractivity contribution in [2.24, 2.45) is 0 Å². The van der Waals surface area contributed by atoms with Crippen molar-refractivity contribution in [3.63, 3.8) is 0 Å². The fraction of sp³-hybridized carbons (Fsp3) is 0.391. The first-order valence-electron chi connectivity index (χ1n) is 10.4. The zero-order valence-corrected chi connectivity index (χ0v) is 19.2. The van der Waals surface area contributed by atoms with E-state index < -0.39 is 5.97 Å². The maximum Gasteiger partial charge on any atom is 0.307 e. The van der Waals surface area contributed by atoms with Crippen LogP contribution in [0.1, 0.15) is 18.1 Å². The minimum atomic E-state index is -0.834. The number of benzene rings is 2. The van der Waals surface area contributed by atoms with Gasteiger partial charge < -0.3 is 14.7 Å². The van der Waals surface area contributed by atoms with Gasteiger partial charge in [-0.2, -0.15) is 0 Å². The van der Waals surface area contributed by atoms with E-state index in [0.29, 0.717) is 12.6 Å². The molecule has 164 valence electrons. The highest BCUT2D eigenvalue weighted by atomic mass is 35.5. The first-order valence-corrected chi connectivity index (χ1v) is 11.6. The van der Waals surface area contributed by atoms with Crippen molar-refractivity contribution in [3.8, 4) is 5.75 Å². The number of carboxylic acid groups (broad SMARTS) is 1. The van der Waals surface area contributed by atoms with E-state index in [0.717, 1.165) is 63.4 Å². The van der Waals surface area contributed by atoms with Gasteiger partial charge in [0.05, 0.1) is 16.6 Å². The summed E-state index contributed by atoms with van der Waals surface area (Å²) >= 11 is 7.80. The number of carboxylic acids is 1. The molecule has 0 amide bonds. The zero-order valence-electron chi connectivity index (χ0n) is 17.7. The highest BCUT2D eigenvalue weighted by Gasteiger charge is 2.25. The Kier molecular flexibility index (Phi) is 6.65. The summed E-state index contributed by atoms with van der Waals surface area (Å²) in [7, 11) is 0. The molecule has 1 aliphatic heterocycles. The Morgan fingerprint density at radius 2 is 2.13 bits per heavy atom. The van der Waals surface area contributed by atoms with Crippen molar-refractivity contribution < 1.29 is 14.6 Å². The molecule has 0 spiro atoms. The molecule has 3 aromatic rings. The third kappa shape index (κ3) is 5.47. The predicted molar refractivity (Wildman–Crippen MR) is 126 cm³/mol. The van der Waals surface area contributed by atoms with E-state index in [1.807, 2.05) is 43.3 Å². The molecule has 6 nitrogen and oxygen atoms in total. The molecule has 0 bridgehead atoms. The van der Waals surface area contributed by atoms with E-state index in [2.05, 4.69) is 16.7 Å². The SMILES string of the molecule is Cc1cc(CC(=O)O)cc(OCCN2CCN(c3nc4ccc(Cl)cc4s3)C[C@@H]2C)c1. The van der Waals surface area contributed by atoms with Crippen LogP contribution in [0.15, 0.2) is 36.4 Å². The number of aliphatic carboxylic acids is 1. The number of fused-ring (bicyclic) bond motifs is 1. The normalized spacial score (nSPS) is 17.3. The van der Waals surface area contributed by atoms with Crippen LogP contribution in [0.3, 0.4) is 0 Å². The van der Waals surface area contributed by atoms with Crippen molar-refractivity contribution in [1.29, 1.82) is 0 Å². The van der Waals surface area contributed by atoms with Gasteiger partial charge >= 0.3 is 5.97 Å². The second-order valence-electron chi connectivity index (χ2n) is 8.01. The van der Waals surface area contributed by atoms with E-state index in [-0.39, 0.29) is 6.42 Å². The Morgan fingerprint density at radius 3 is 2.90 bits per heavy atom. The standard InChI is InChI=1S/C23H26ClN3O3S/c1-15-9-17(12-22(28)29)11-19(10-15)30-8-7-26-5-6-27(14-16(26)2)23-25-20-4-3-18(24)13-21(20)31-23/h3-4,9-11,13,16H,5-8,12,14H2,1-2H3,(H,28,29)/t16-/m0/s1. The average molecular weight is 460 g/mol. The lowest BCUT2D eigenvalue weighted by Gasteiger charge is -2.39. The fourth-order valence-corrected chi connectivity index (χ4v) is 5.26. The monoisotopic (exact) mass is 459 g/mol. The molecule has 2 aromatic carbocycles. The van der Waals surface area contributed by atoms with E-state index in [1.54, 1.807) is 11.3 Å². The number of hydrogen-bond acceptors (Lipinski definition) is 6. The Labute approximate surface area is 191 Å². The summed E-state index contributed by atoms with van der Waals surface area (Å²) in [6.45, 7) is 8.36. The van der Waals surface area contributed by atoms with Crippen LogP contribution < -0.4 is 9.64 Å². The van der Waals surface area contributed by atoms with Gasteiger partial charge in [0.1, 0.15) is 12.4 Å². The summed E-state index contributed by atoms with van der Waals surface area (Å²) in [5, 5.41) is 10.8. The summed E-state index contributed by atoms with van der Waals surface area (Å²) in [5.41, 5.74) is 2.77. The van der Waals surface area contributed by atoms with Gasteiger partial charge in [-0.25, -0.2) is 4.98 Å². The third-order valence-electron chi connectivity index (χ3n) is 5.49. The molecule has 1 atom stereocenters. The van der Waals surface area contributed by atoms with Crippen LogP contribution in [-0.4, -0.2) is 59.8 Å². The van der Waals surface area contributed by atoms with Crippen molar-refractivity contribution in [2.45, 2.75) is 26.3 Å². The number of ether oxygens (including phenoxy) is 1. The Balaban J connectivity index is 1.31. The average Bonchev–Trinajstić information content (AvgIpc) is 3.11. The van der Waals surface area contributed by atoms with Gasteiger partial charge in [-0.3, -0.25) is 9.69 Å². The molecule has 1 saturated heterocycles. The number of aryl methyl sites for hydroxylation is 1. The lowest BCUT2D eigenvalue weighted by Crippen LogP contribution is -2.52. The smallest absolute Gasteiger partial charge is 0.307 e. The molecule has 0 radical (unpaired) electrons. The zero-order chi connectivity index (χ0) is 22.0. The third-order valence-corrected chi connectivity index (χ3v) is 6.80. The van der Waals surface area contributed by atoms with Crippen molar-refractivity contribution in [1.82, 2.24) is 9.88 Å². The van der Waals surface area contributed by atoms with Crippen molar-refractivity contribution >= 4 is 44.3 Å². The first kappa shape index (κ1) is 21.9. The highest BCUT2D eigenvalue weighted by molar-refractivity contribution is 7.22. The Hall–Kier alpha value is -2.35. The number of thiazole rings is 1. The van der Waals surface area contributed by atoms with Gasteiger partial charge in [0.25, 0.3) is 0 Å². The number of piperazine rings is 1. The molecule has 0 unspecified atom stereocenters. The predicted octanol–water partition coefficient (Wildman–Crippen LogP) is 4.47. The van der Waals surface area contributed by atoms with Gasteiger partial charge in [0, 0.05) is 37.2 Å². The molecule has 2 heterocycles. The van der Waals surface area contributed by atoms with Crippen LogP contribution in [0.25, 0.3) is 10.2 Å². The summed E-state index contributed by atoms with van der Waals surface area (Å²) in [5.74, 6) is -0.102. The first-order chi connectivity index (χ1) is 14.9. The highest BCUT2D eigenvalue weighted by Crippen LogP contribution is 2.31. The van der Waals surface area contributed by atoms with Gasteiger partial charge in [-0.05, 0) is 55.3 Å². The van der Waals surface area contributed by atoms with Crippen LogP contribution >= 0.6 is 22.9 Å². The second-order valence-corrected chi connectivity index (χ2v) is 9.46. The quantitative estimate of drug-likeness (QED) is 0.562. The lowest BCUT2D eigenvalue weighted by atomic mass is 10.1. The van der Waals surface area contributed by atoms with Gasteiger partial charge in [0.15, 0.2) is 5.13 Å². The van der Waals surface area contributed by atoms with Crippen LogP contribution in [0.4, 0.5) is 5.13 Å². The molecular weight excluding hydrogens is 434 g/mol. The molecular formula is C23H26ClN3O3S. The topological polar surface area (TPSA) is 65.9 Å². The molecule has 1 aliphatic rings. The number of aromatic nitrogens is 1. The maximum atomic E-state index is 11.0. The number of hydrogen-bond donors (Lipinski definition) is 1. The largest absolute Gasteiger partial charge is 0.492 e. The Morgan fingerprint density at radius 1 is 1.29 bits per heavy atom. The molecule has 31 heavy (non-hydrogen) atoms. The summed E-state index contributed by atoms with van der Waals surface area (Å²) < 4.78 is 7.07. The van der Waals surface area contributed by atoms with E-state index in [4.69, 9.17) is 26.4 Å². The molecule has 1 N–H and O–H groups in total. The molecule has 0 saturated carbocycles. The van der Waals surface area contributed by atoms with Crippen LogP contribution in [-0.2, 0) is 11.2 Å². The minimum Gasteiger partial charge on any atom is -0.492 e. The number of nitrogens with zero attached hydrogens (tertiary/aromatic N) is 3. The Bertz CT molecular complexity index is 1090. The fourth-order valence-electron chi connectivity index (χ4n) is 3.99. The molecule has 8 heteroatoms. The number of rotatable bonds is 7.